The zero-order valence-corrected chi connectivity index (χ0v) is 10.2. The van der Waals surface area contributed by atoms with Crippen molar-refractivity contribution in [3.63, 3.8) is 0 Å². The van der Waals surface area contributed by atoms with Crippen LogP contribution in [0, 0.1) is 0 Å². The monoisotopic (exact) mass is 240 g/mol. The summed E-state index contributed by atoms with van der Waals surface area (Å²) in [5.41, 5.74) is 3.52. The molecule has 0 spiro atoms. The first-order valence-electron chi connectivity index (χ1n) is 6.25. The van der Waals surface area contributed by atoms with Crippen LogP contribution in [-0.2, 0) is 19.5 Å². The molecule has 0 fully saturated rings. The topological polar surface area (TPSA) is 36.4 Å². The van der Waals surface area contributed by atoms with Gasteiger partial charge in [-0.25, -0.2) is 4.98 Å². The Balaban J connectivity index is 1.77. The lowest BCUT2D eigenvalue weighted by molar-refractivity contribution is 0.240. The molecular formula is C15H16N2O. The first-order valence-corrected chi connectivity index (χ1v) is 6.25. The molecule has 0 saturated heterocycles. The highest BCUT2D eigenvalue weighted by atomic mass is 16.3. The van der Waals surface area contributed by atoms with Crippen molar-refractivity contribution in [3.05, 3.63) is 59.3 Å². The average Bonchev–Trinajstić information content (AvgIpc) is 2.41. The number of nitrogens with zero attached hydrogens (tertiary/aromatic N) is 2. The lowest BCUT2D eigenvalue weighted by Gasteiger charge is -2.28. The van der Waals surface area contributed by atoms with Crippen molar-refractivity contribution in [1.29, 1.82) is 0 Å². The second-order valence-corrected chi connectivity index (χ2v) is 4.72. The van der Waals surface area contributed by atoms with Gasteiger partial charge in [-0.3, -0.25) is 4.90 Å². The van der Waals surface area contributed by atoms with Gasteiger partial charge in [-0.2, -0.15) is 0 Å². The number of hydrogen-bond donors (Lipinski definition) is 1. The number of aromatic nitrogens is 1. The quantitative estimate of drug-likeness (QED) is 0.875. The van der Waals surface area contributed by atoms with Gasteiger partial charge in [-0.15, -0.1) is 0 Å². The predicted molar refractivity (Wildman–Crippen MR) is 70.2 cm³/mol. The van der Waals surface area contributed by atoms with Crippen LogP contribution in [0.15, 0.2) is 42.6 Å². The van der Waals surface area contributed by atoms with E-state index in [0.29, 0.717) is 0 Å². The third-order valence-electron chi connectivity index (χ3n) is 3.46. The van der Waals surface area contributed by atoms with Crippen LogP contribution in [0.1, 0.15) is 16.7 Å². The highest BCUT2D eigenvalue weighted by Crippen LogP contribution is 2.25. The Morgan fingerprint density at radius 1 is 1.17 bits per heavy atom. The van der Waals surface area contributed by atoms with E-state index in [4.69, 9.17) is 0 Å². The van der Waals surface area contributed by atoms with Crippen LogP contribution < -0.4 is 0 Å². The molecule has 3 rings (SSSR count). The average molecular weight is 240 g/mol. The molecule has 18 heavy (non-hydrogen) atoms. The molecule has 2 aromatic rings. The number of rotatable bonds is 2. The normalized spacial score (nSPS) is 15.3. The molecule has 0 aliphatic carbocycles. The van der Waals surface area contributed by atoms with Gasteiger partial charge in [0.2, 0.25) is 5.88 Å². The molecule has 0 saturated carbocycles. The lowest BCUT2D eigenvalue weighted by atomic mass is 10.0. The minimum atomic E-state index is 0.185. The van der Waals surface area contributed by atoms with Gasteiger partial charge in [0.25, 0.3) is 0 Å². The molecule has 1 aliphatic rings. The summed E-state index contributed by atoms with van der Waals surface area (Å²) >= 11 is 0. The van der Waals surface area contributed by atoms with Crippen molar-refractivity contribution >= 4 is 0 Å². The maximum atomic E-state index is 9.80. The van der Waals surface area contributed by atoms with Crippen molar-refractivity contribution < 1.29 is 5.11 Å². The van der Waals surface area contributed by atoms with E-state index in [1.807, 2.05) is 12.1 Å². The van der Waals surface area contributed by atoms with Gasteiger partial charge in [0.1, 0.15) is 0 Å². The third-order valence-corrected chi connectivity index (χ3v) is 3.46. The molecule has 0 unspecified atom stereocenters. The second kappa shape index (κ2) is 4.78. The van der Waals surface area contributed by atoms with Crippen LogP contribution in [0.5, 0.6) is 5.88 Å². The van der Waals surface area contributed by atoms with Gasteiger partial charge in [-0.05, 0) is 23.6 Å². The maximum absolute atomic E-state index is 9.80. The molecule has 1 N–H and O–H groups in total. The van der Waals surface area contributed by atoms with Gasteiger partial charge < -0.3 is 5.11 Å². The Morgan fingerprint density at radius 2 is 2.00 bits per heavy atom. The number of benzene rings is 1. The van der Waals surface area contributed by atoms with Crippen molar-refractivity contribution in [1.82, 2.24) is 9.88 Å². The van der Waals surface area contributed by atoms with E-state index in [1.54, 1.807) is 6.20 Å². The second-order valence-electron chi connectivity index (χ2n) is 4.72. The molecule has 3 nitrogen and oxygen atoms in total. The van der Waals surface area contributed by atoms with Gasteiger partial charge in [0, 0.05) is 31.4 Å². The Morgan fingerprint density at radius 3 is 2.83 bits per heavy atom. The highest BCUT2D eigenvalue weighted by Gasteiger charge is 2.19. The molecule has 0 atom stereocenters. The summed E-state index contributed by atoms with van der Waals surface area (Å²) in [6.45, 7) is 2.74. The molecule has 0 bridgehead atoms. The van der Waals surface area contributed by atoms with Crippen LogP contribution in [0.25, 0.3) is 0 Å². The fourth-order valence-corrected chi connectivity index (χ4v) is 2.48. The smallest absolute Gasteiger partial charge is 0.215 e. The van der Waals surface area contributed by atoms with Crippen molar-refractivity contribution in [2.75, 3.05) is 6.54 Å². The molecule has 1 aromatic carbocycles. The molecule has 0 amide bonds. The van der Waals surface area contributed by atoms with E-state index in [9.17, 15) is 5.11 Å². The van der Waals surface area contributed by atoms with Crippen LogP contribution >= 0.6 is 0 Å². The highest BCUT2D eigenvalue weighted by molar-refractivity contribution is 5.35. The molecule has 3 heteroatoms. The fraction of sp³-hybridized carbons (Fsp3) is 0.267. The fourth-order valence-electron chi connectivity index (χ4n) is 2.48. The van der Waals surface area contributed by atoms with Gasteiger partial charge in [0.15, 0.2) is 0 Å². The van der Waals surface area contributed by atoms with E-state index in [-0.39, 0.29) is 5.88 Å². The van der Waals surface area contributed by atoms with Crippen molar-refractivity contribution in [3.8, 4) is 5.88 Å². The Labute approximate surface area is 107 Å². The zero-order chi connectivity index (χ0) is 12.4. The van der Waals surface area contributed by atoms with E-state index in [1.165, 1.54) is 11.1 Å². The Bertz CT molecular complexity index is 539. The molecule has 1 aromatic heterocycles. The van der Waals surface area contributed by atoms with Crippen LogP contribution in [0.2, 0.25) is 0 Å². The summed E-state index contributed by atoms with van der Waals surface area (Å²) in [6, 6.07) is 12.4. The Kier molecular flexibility index (Phi) is 2.99. The van der Waals surface area contributed by atoms with E-state index in [2.05, 4.69) is 34.1 Å². The first kappa shape index (κ1) is 11.2. The predicted octanol–water partition coefficient (Wildman–Crippen LogP) is 2.35. The lowest BCUT2D eigenvalue weighted by Crippen LogP contribution is -2.30. The number of aromatic hydroxyl groups is 1. The van der Waals surface area contributed by atoms with Gasteiger partial charge in [-0.1, -0.05) is 30.3 Å². The first-order chi connectivity index (χ1) is 8.83. The zero-order valence-electron chi connectivity index (χ0n) is 10.2. The van der Waals surface area contributed by atoms with Crippen LogP contribution in [-0.4, -0.2) is 21.5 Å². The van der Waals surface area contributed by atoms with Crippen molar-refractivity contribution in [2.45, 2.75) is 19.5 Å². The van der Waals surface area contributed by atoms with Crippen LogP contribution in [0.4, 0.5) is 0 Å². The summed E-state index contributed by atoms with van der Waals surface area (Å²) in [6.07, 6.45) is 2.67. The molecular weight excluding hydrogens is 224 g/mol. The van der Waals surface area contributed by atoms with Crippen molar-refractivity contribution in [2.24, 2.45) is 0 Å². The summed E-state index contributed by atoms with van der Waals surface area (Å²) in [5.74, 6) is 0.185. The maximum Gasteiger partial charge on any atom is 0.215 e. The summed E-state index contributed by atoms with van der Waals surface area (Å²) in [4.78, 5) is 6.31. The largest absolute Gasteiger partial charge is 0.493 e. The minimum Gasteiger partial charge on any atom is -0.493 e. The summed E-state index contributed by atoms with van der Waals surface area (Å²) in [7, 11) is 0. The standard InChI is InChI=1S/C15H16N2O/c18-15-14-11-17(9-7-13(14)6-8-16-15)10-12-4-2-1-3-5-12/h1-6,8H,7,9-11H2,(H,16,18). The molecule has 1 aliphatic heterocycles. The van der Waals surface area contributed by atoms with Crippen LogP contribution in [0.3, 0.4) is 0 Å². The molecule has 0 radical (unpaired) electrons. The SMILES string of the molecule is Oc1nccc2c1CN(Cc1ccccc1)CC2. The van der Waals surface area contributed by atoms with E-state index < -0.39 is 0 Å². The molecule has 2 heterocycles. The summed E-state index contributed by atoms with van der Waals surface area (Å²) < 4.78 is 0. The van der Waals surface area contributed by atoms with E-state index in [0.717, 1.165) is 31.6 Å². The third kappa shape index (κ3) is 2.22. The summed E-state index contributed by atoms with van der Waals surface area (Å²) in [5, 5.41) is 9.80. The number of fused-ring (bicyclic) bond motifs is 1. The van der Waals surface area contributed by atoms with Gasteiger partial charge in [0.05, 0.1) is 0 Å². The minimum absolute atomic E-state index is 0.185. The Hall–Kier alpha value is -1.87. The van der Waals surface area contributed by atoms with E-state index >= 15 is 0 Å². The number of pyridine rings is 1. The number of hydrogen-bond acceptors (Lipinski definition) is 3. The van der Waals surface area contributed by atoms with Gasteiger partial charge >= 0.3 is 0 Å². The molecule has 92 valence electrons.